The molecular weight excluding hydrogens is 741 g/mol. The van der Waals surface area contributed by atoms with Crippen molar-refractivity contribution in [1.82, 2.24) is 9.13 Å². The van der Waals surface area contributed by atoms with E-state index in [9.17, 15) is 0 Å². The van der Waals surface area contributed by atoms with Crippen molar-refractivity contribution in [1.29, 1.82) is 0 Å². The van der Waals surface area contributed by atoms with E-state index in [1.807, 2.05) is 70.8 Å². The zero-order valence-corrected chi connectivity index (χ0v) is 27.7. The van der Waals surface area contributed by atoms with Crippen LogP contribution in [0.3, 0.4) is 0 Å². The predicted molar refractivity (Wildman–Crippen MR) is 176 cm³/mol. The van der Waals surface area contributed by atoms with E-state index < -0.39 is 0 Å². The first-order valence-electron chi connectivity index (χ1n) is 15.2. The van der Waals surface area contributed by atoms with E-state index in [1.54, 1.807) is 0 Å². The molecule has 2 aliphatic carbocycles. The Labute approximate surface area is 281 Å². The van der Waals surface area contributed by atoms with Crippen LogP contribution in [0.1, 0.15) is 22.6 Å². The molecule has 0 N–H and O–H groups in total. The number of imidazole rings is 2. The van der Waals surface area contributed by atoms with Gasteiger partial charge >= 0.3 is 0 Å². The number of fused-ring (bicyclic) bond motifs is 8. The molecule has 223 valence electrons. The van der Waals surface area contributed by atoms with Crippen LogP contribution in [-0.4, -0.2) is 9.13 Å². The van der Waals surface area contributed by atoms with Gasteiger partial charge in [-0.25, -0.2) is 0 Å². The van der Waals surface area contributed by atoms with Crippen LogP contribution in [0.5, 0.6) is 0 Å². The molecule has 1 radical (unpaired) electrons. The second kappa shape index (κ2) is 11.1. The van der Waals surface area contributed by atoms with Gasteiger partial charge in [0, 0.05) is 26.0 Å². The summed E-state index contributed by atoms with van der Waals surface area (Å²) in [4.78, 5) is 0. The van der Waals surface area contributed by atoms with Crippen molar-refractivity contribution >= 4 is 22.1 Å². The maximum atomic E-state index is 3.46. The minimum atomic E-state index is 0. The zero-order valence-electron chi connectivity index (χ0n) is 25.3. The van der Waals surface area contributed by atoms with Crippen molar-refractivity contribution in [2.75, 3.05) is 0 Å². The molecule has 1 unspecified atom stereocenters. The van der Waals surface area contributed by atoms with Gasteiger partial charge in [-0.3, -0.25) is 0 Å². The molecule has 2 aromatic heterocycles. The molecule has 2 aliphatic rings. The Hall–Kier alpha value is -5.09. The largest absolute Gasteiger partial charge is 0.342 e. The number of hydrogen-bond acceptors (Lipinski definition) is 0. The van der Waals surface area contributed by atoms with Crippen LogP contribution in [0.25, 0.3) is 55.7 Å². The number of para-hydroxylation sites is 4. The molecule has 4 nitrogen and oxygen atoms in total. The molecule has 8 aromatic rings. The van der Waals surface area contributed by atoms with Crippen molar-refractivity contribution < 1.29 is 29.2 Å². The fraction of sp³-hybridized carbons (Fsp3) is 0.0732. The van der Waals surface area contributed by atoms with Crippen LogP contribution in [0.15, 0.2) is 127 Å². The van der Waals surface area contributed by atoms with Crippen LogP contribution in [0.2, 0.25) is 0 Å². The molecule has 2 heterocycles. The molecule has 1 atom stereocenters. The first-order valence-corrected chi connectivity index (χ1v) is 15.2. The third-order valence-corrected chi connectivity index (χ3v) is 9.16. The number of rotatable bonds is 2. The average molecular weight is 769 g/mol. The second-order valence-electron chi connectivity index (χ2n) is 11.7. The Morgan fingerprint density at radius 2 is 1.11 bits per heavy atom. The molecule has 0 amide bonds. The van der Waals surface area contributed by atoms with E-state index in [1.165, 1.54) is 55.5 Å². The third kappa shape index (κ3) is 4.23. The quantitative estimate of drug-likeness (QED) is 0.130. The molecule has 0 fully saturated rings. The molecule has 0 saturated heterocycles. The van der Waals surface area contributed by atoms with E-state index >= 15 is 0 Å². The number of nitrogens with zero attached hydrogens (tertiary/aromatic N) is 4. The normalized spacial score (nSPS) is 13.5. The van der Waals surface area contributed by atoms with Gasteiger partial charge in [-0.15, -0.1) is 0 Å². The SMILES string of the molecule is C[n+]1[c-]n(-c2[c-]cccc2)c2cc3c(cc21)-c1cccc2c1C3c1ccccc1-2.C[n+]1[c-]n(-c2[c-]cccc2)c2ccccc21.[Ir]. The summed E-state index contributed by atoms with van der Waals surface area (Å²) in [6.45, 7) is 0. The van der Waals surface area contributed by atoms with E-state index in [0.29, 0.717) is 5.92 Å². The number of aromatic nitrogens is 4. The first-order chi connectivity index (χ1) is 22.2. The van der Waals surface area contributed by atoms with Gasteiger partial charge in [-0.1, -0.05) is 90.2 Å². The van der Waals surface area contributed by atoms with Crippen LogP contribution in [0, 0.1) is 24.8 Å². The van der Waals surface area contributed by atoms with Gasteiger partial charge in [-0.2, -0.15) is 60.7 Å². The van der Waals surface area contributed by atoms with Gasteiger partial charge in [0.05, 0.1) is 36.2 Å². The van der Waals surface area contributed by atoms with Crippen molar-refractivity contribution in [3.05, 3.63) is 169 Å². The summed E-state index contributed by atoms with van der Waals surface area (Å²) in [5, 5.41) is 0. The molecule has 0 spiro atoms. The fourth-order valence-electron chi connectivity index (χ4n) is 7.20. The minimum Gasteiger partial charge on any atom is -0.342 e. The third-order valence-electron chi connectivity index (χ3n) is 9.16. The van der Waals surface area contributed by atoms with Crippen molar-refractivity contribution in [2.45, 2.75) is 5.92 Å². The summed E-state index contributed by atoms with van der Waals surface area (Å²) in [7, 11) is 4.07. The van der Waals surface area contributed by atoms with E-state index in [0.717, 1.165) is 16.9 Å². The van der Waals surface area contributed by atoms with Gasteiger partial charge in [0.15, 0.2) is 0 Å². The van der Waals surface area contributed by atoms with Gasteiger partial charge in [-0.05, 0) is 38.9 Å². The molecule has 0 aliphatic heterocycles. The molecule has 6 aromatic carbocycles. The van der Waals surface area contributed by atoms with E-state index in [-0.39, 0.29) is 20.1 Å². The Kier molecular flexibility index (Phi) is 6.83. The number of hydrogen-bond donors (Lipinski definition) is 0. The fourth-order valence-corrected chi connectivity index (χ4v) is 7.20. The Morgan fingerprint density at radius 3 is 1.83 bits per heavy atom. The van der Waals surface area contributed by atoms with Gasteiger partial charge < -0.3 is 18.3 Å². The summed E-state index contributed by atoms with van der Waals surface area (Å²) in [5.74, 6) is 0.324. The van der Waals surface area contributed by atoms with Crippen LogP contribution in [-0.2, 0) is 34.2 Å². The molecule has 46 heavy (non-hydrogen) atoms. The molecule has 10 rings (SSSR count). The number of aryl methyl sites for hydroxylation is 2. The second-order valence-corrected chi connectivity index (χ2v) is 11.7. The molecule has 0 saturated carbocycles. The Morgan fingerprint density at radius 1 is 0.522 bits per heavy atom. The van der Waals surface area contributed by atoms with Crippen LogP contribution in [0.4, 0.5) is 0 Å². The van der Waals surface area contributed by atoms with E-state index in [4.69, 9.17) is 0 Å². The summed E-state index contributed by atoms with van der Waals surface area (Å²) in [6.07, 6.45) is 6.73. The van der Waals surface area contributed by atoms with Crippen LogP contribution >= 0.6 is 0 Å². The molecule has 5 heteroatoms. The maximum Gasteiger partial charge on any atom is 0.242 e. The van der Waals surface area contributed by atoms with Crippen LogP contribution < -0.4 is 9.13 Å². The monoisotopic (exact) mass is 769 g/mol. The van der Waals surface area contributed by atoms with Crippen molar-refractivity contribution in [3.8, 4) is 33.6 Å². The summed E-state index contributed by atoms with van der Waals surface area (Å²) >= 11 is 0. The summed E-state index contributed by atoms with van der Waals surface area (Å²) in [5.41, 5.74) is 16.5. The molecule has 0 bridgehead atoms. The first kappa shape index (κ1) is 28.4. The van der Waals surface area contributed by atoms with E-state index in [2.05, 4.69) is 114 Å². The Balaban J connectivity index is 0.000000157. The van der Waals surface area contributed by atoms with Gasteiger partial charge in [0.25, 0.3) is 0 Å². The predicted octanol–water partition coefficient (Wildman–Crippen LogP) is 7.25. The smallest absolute Gasteiger partial charge is 0.242 e. The van der Waals surface area contributed by atoms with Gasteiger partial charge in [0.2, 0.25) is 12.7 Å². The van der Waals surface area contributed by atoms with Gasteiger partial charge in [0.1, 0.15) is 0 Å². The van der Waals surface area contributed by atoms with Crippen molar-refractivity contribution in [3.63, 3.8) is 0 Å². The summed E-state index contributed by atoms with van der Waals surface area (Å²) < 4.78 is 8.24. The summed E-state index contributed by atoms with van der Waals surface area (Å²) in [6, 6.07) is 51.1. The average Bonchev–Trinajstić information content (AvgIpc) is 3.82. The Bertz CT molecular complexity index is 2400. The molecular formula is C41H28IrN4-2. The zero-order chi connectivity index (χ0) is 30.1. The maximum absolute atomic E-state index is 3.46. The minimum absolute atomic E-state index is 0. The standard InChI is InChI=1S/C27H17N2.C14H11N2.Ir/c1-28-16-29(17-8-3-2-4-9-17)25-15-23-22(14-24(25)28)21-13-7-12-20-18-10-5-6-11-19(18)27(23)26(20)21;1-15-11-16(12-7-3-2-4-8-12)14-10-6-5-9-13(14)15;/h2-8,10-15,27H,1H3;2-7,9-10H,1H3;/q2*-1;. The number of benzene rings is 6. The van der Waals surface area contributed by atoms with Crippen molar-refractivity contribution in [2.24, 2.45) is 14.1 Å². The topological polar surface area (TPSA) is 17.6 Å².